The van der Waals surface area contributed by atoms with Crippen molar-refractivity contribution in [2.75, 3.05) is 18.6 Å². The minimum Gasteiger partial charge on any atom is -0.462 e. The summed E-state index contributed by atoms with van der Waals surface area (Å²) < 4.78 is 40.5. The zero-order chi connectivity index (χ0) is 17.6. The van der Waals surface area contributed by atoms with Gasteiger partial charge in [-0.3, -0.25) is 4.21 Å². The minimum atomic E-state index is -3.36. The Balaban J connectivity index is 1.83. The molecule has 0 aliphatic heterocycles. The summed E-state index contributed by atoms with van der Waals surface area (Å²) in [7, 11) is -4.47. The van der Waals surface area contributed by atoms with Crippen LogP contribution < -0.4 is 0 Å². The summed E-state index contributed by atoms with van der Waals surface area (Å²) in [5, 5.41) is 0. The number of benzene rings is 2. The first-order chi connectivity index (χ1) is 11.4. The Labute approximate surface area is 144 Å². The van der Waals surface area contributed by atoms with Crippen LogP contribution in [0.2, 0.25) is 0 Å². The second kappa shape index (κ2) is 8.21. The van der Waals surface area contributed by atoms with Gasteiger partial charge in [0.25, 0.3) is 0 Å². The molecule has 0 aliphatic carbocycles. The number of rotatable bonds is 7. The molecule has 5 nitrogen and oxygen atoms in total. The van der Waals surface area contributed by atoms with Gasteiger partial charge in [-0.2, -0.15) is 0 Å². The molecular formula is C17H18O5S2. The third-order valence-corrected chi connectivity index (χ3v) is 6.07. The fraction of sp³-hybridized carbons (Fsp3) is 0.235. The van der Waals surface area contributed by atoms with E-state index in [1.165, 1.54) is 0 Å². The van der Waals surface area contributed by atoms with Gasteiger partial charge in [-0.1, -0.05) is 18.2 Å². The van der Waals surface area contributed by atoms with Gasteiger partial charge >= 0.3 is 5.97 Å². The molecule has 0 aromatic heterocycles. The first kappa shape index (κ1) is 18.4. The van der Waals surface area contributed by atoms with Crippen LogP contribution in [0.5, 0.6) is 0 Å². The highest BCUT2D eigenvalue weighted by Crippen LogP contribution is 2.12. The van der Waals surface area contributed by atoms with Gasteiger partial charge in [-0.25, -0.2) is 13.2 Å². The molecule has 128 valence electrons. The number of esters is 1. The summed E-state index contributed by atoms with van der Waals surface area (Å²) in [6.07, 6.45) is 1.78. The largest absolute Gasteiger partial charge is 0.462 e. The van der Waals surface area contributed by atoms with Crippen LogP contribution in [0.3, 0.4) is 0 Å². The molecule has 0 aliphatic rings. The third-order valence-electron chi connectivity index (χ3n) is 3.31. The van der Waals surface area contributed by atoms with Gasteiger partial charge < -0.3 is 4.74 Å². The van der Waals surface area contributed by atoms with E-state index in [0.717, 1.165) is 0 Å². The standard InChI is InChI=1S/C17H18O5S2/c1-23(19)15-10-8-14(9-11-15)17(18)22-12-5-13-24(20,21)16-6-3-2-4-7-16/h2-4,6-11H,5,12-13H2,1H3. The molecule has 2 rings (SSSR count). The summed E-state index contributed by atoms with van der Waals surface area (Å²) in [6.45, 7) is 0.0202. The molecule has 0 saturated heterocycles. The van der Waals surface area contributed by atoms with E-state index >= 15 is 0 Å². The van der Waals surface area contributed by atoms with Crippen molar-refractivity contribution in [3.05, 3.63) is 60.2 Å². The van der Waals surface area contributed by atoms with Crippen molar-refractivity contribution >= 4 is 26.6 Å². The first-order valence-corrected chi connectivity index (χ1v) is 10.5. The predicted octanol–water partition coefficient (Wildman–Crippen LogP) is 2.44. The molecule has 0 radical (unpaired) electrons. The van der Waals surface area contributed by atoms with Crippen molar-refractivity contribution in [2.24, 2.45) is 0 Å². The van der Waals surface area contributed by atoms with Gasteiger partial charge in [0.15, 0.2) is 9.84 Å². The molecule has 0 amide bonds. The summed E-state index contributed by atoms with van der Waals surface area (Å²) in [4.78, 5) is 12.8. The number of hydrogen-bond donors (Lipinski definition) is 0. The quantitative estimate of drug-likeness (QED) is 0.556. The molecule has 0 saturated carbocycles. The smallest absolute Gasteiger partial charge is 0.338 e. The molecule has 0 heterocycles. The van der Waals surface area contributed by atoms with Crippen LogP contribution in [-0.4, -0.2) is 37.2 Å². The molecule has 24 heavy (non-hydrogen) atoms. The van der Waals surface area contributed by atoms with E-state index in [2.05, 4.69) is 0 Å². The highest BCUT2D eigenvalue weighted by Gasteiger charge is 2.14. The Kier molecular flexibility index (Phi) is 6.28. The van der Waals surface area contributed by atoms with Crippen LogP contribution in [0, 0.1) is 0 Å². The van der Waals surface area contributed by atoms with Crippen molar-refractivity contribution < 1.29 is 22.2 Å². The lowest BCUT2D eigenvalue weighted by molar-refractivity contribution is 0.0505. The molecule has 2 aromatic carbocycles. The fourth-order valence-electron chi connectivity index (χ4n) is 2.03. The SMILES string of the molecule is CS(=O)c1ccc(C(=O)OCCCS(=O)(=O)c2ccccc2)cc1. The number of carbonyl (C=O) groups is 1. The van der Waals surface area contributed by atoms with Crippen LogP contribution in [0.1, 0.15) is 16.8 Å². The highest BCUT2D eigenvalue weighted by atomic mass is 32.2. The van der Waals surface area contributed by atoms with E-state index in [0.29, 0.717) is 10.5 Å². The summed E-state index contributed by atoms with van der Waals surface area (Å²) in [5.74, 6) is -0.613. The summed E-state index contributed by atoms with van der Waals surface area (Å²) in [6, 6.07) is 14.5. The third kappa shape index (κ3) is 5.01. The number of sulfone groups is 1. The van der Waals surface area contributed by atoms with E-state index in [1.54, 1.807) is 60.9 Å². The van der Waals surface area contributed by atoms with Crippen molar-refractivity contribution in [1.82, 2.24) is 0 Å². The van der Waals surface area contributed by atoms with Gasteiger partial charge in [-0.15, -0.1) is 0 Å². The van der Waals surface area contributed by atoms with Gasteiger partial charge in [0, 0.05) is 22.0 Å². The minimum absolute atomic E-state index is 0.0202. The zero-order valence-electron chi connectivity index (χ0n) is 13.2. The van der Waals surface area contributed by atoms with Crippen molar-refractivity contribution in [1.29, 1.82) is 0 Å². The summed E-state index contributed by atoms with van der Waals surface area (Å²) >= 11 is 0. The molecule has 7 heteroatoms. The van der Waals surface area contributed by atoms with Crippen molar-refractivity contribution in [2.45, 2.75) is 16.2 Å². The Morgan fingerprint density at radius 3 is 2.25 bits per heavy atom. The Morgan fingerprint density at radius 2 is 1.67 bits per heavy atom. The van der Waals surface area contributed by atoms with Crippen LogP contribution in [0.4, 0.5) is 0 Å². The Hall–Kier alpha value is -1.99. The lowest BCUT2D eigenvalue weighted by Crippen LogP contribution is -2.12. The van der Waals surface area contributed by atoms with E-state index in [1.807, 2.05) is 0 Å². The Morgan fingerprint density at radius 1 is 1.04 bits per heavy atom. The van der Waals surface area contributed by atoms with Gasteiger partial charge in [0.2, 0.25) is 0 Å². The van der Waals surface area contributed by atoms with E-state index in [-0.39, 0.29) is 23.7 Å². The van der Waals surface area contributed by atoms with Crippen LogP contribution in [-0.2, 0) is 25.4 Å². The van der Waals surface area contributed by atoms with E-state index in [9.17, 15) is 17.4 Å². The topological polar surface area (TPSA) is 77.5 Å². The molecule has 0 fully saturated rings. The van der Waals surface area contributed by atoms with E-state index < -0.39 is 26.6 Å². The average molecular weight is 366 g/mol. The molecule has 0 spiro atoms. The lowest BCUT2D eigenvalue weighted by Gasteiger charge is -2.06. The normalized spacial score (nSPS) is 12.5. The summed E-state index contributed by atoms with van der Waals surface area (Å²) in [5.41, 5.74) is 0.343. The van der Waals surface area contributed by atoms with Gasteiger partial charge in [0.05, 0.1) is 22.8 Å². The number of hydrogen-bond acceptors (Lipinski definition) is 5. The maximum atomic E-state index is 12.1. The number of carbonyl (C=O) groups excluding carboxylic acids is 1. The van der Waals surface area contributed by atoms with Crippen molar-refractivity contribution in [3.8, 4) is 0 Å². The second-order valence-electron chi connectivity index (χ2n) is 5.10. The Bertz CT molecular complexity index is 812. The monoisotopic (exact) mass is 366 g/mol. The van der Waals surface area contributed by atoms with Crippen LogP contribution in [0.15, 0.2) is 64.4 Å². The highest BCUT2D eigenvalue weighted by molar-refractivity contribution is 7.91. The van der Waals surface area contributed by atoms with Crippen molar-refractivity contribution in [3.63, 3.8) is 0 Å². The number of ether oxygens (including phenoxy) is 1. The molecule has 1 unspecified atom stereocenters. The molecule has 0 bridgehead atoms. The molecule has 2 aromatic rings. The zero-order valence-corrected chi connectivity index (χ0v) is 14.8. The lowest BCUT2D eigenvalue weighted by atomic mass is 10.2. The van der Waals surface area contributed by atoms with Gasteiger partial charge in [0.1, 0.15) is 0 Å². The molecule has 1 atom stereocenters. The van der Waals surface area contributed by atoms with E-state index in [4.69, 9.17) is 4.74 Å². The maximum absolute atomic E-state index is 12.1. The van der Waals surface area contributed by atoms with Crippen LogP contribution >= 0.6 is 0 Å². The predicted molar refractivity (Wildman–Crippen MR) is 92.2 cm³/mol. The van der Waals surface area contributed by atoms with Crippen LogP contribution in [0.25, 0.3) is 0 Å². The second-order valence-corrected chi connectivity index (χ2v) is 8.59. The molecule has 0 N–H and O–H groups in total. The van der Waals surface area contributed by atoms with Gasteiger partial charge in [-0.05, 0) is 42.8 Å². The first-order valence-electron chi connectivity index (χ1n) is 7.28. The fourth-order valence-corrected chi connectivity index (χ4v) is 3.85. The molecular weight excluding hydrogens is 348 g/mol. The maximum Gasteiger partial charge on any atom is 0.338 e. The average Bonchev–Trinajstić information content (AvgIpc) is 2.59.